The summed E-state index contributed by atoms with van der Waals surface area (Å²) >= 11 is 1.80. The predicted octanol–water partition coefficient (Wildman–Crippen LogP) is 1.88. The van der Waals surface area contributed by atoms with Crippen molar-refractivity contribution in [2.75, 3.05) is 30.5 Å². The van der Waals surface area contributed by atoms with Crippen LogP contribution in [0.4, 0.5) is 5.69 Å². The van der Waals surface area contributed by atoms with Crippen molar-refractivity contribution in [3.8, 4) is 0 Å². The third kappa shape index (κ3) is 3.81. The van der Waals surface area contributed by atoms with Gasteiger partial charge in [0.2, 0.25) is 0 Å². The van der Waals surface area contributed by atoms with Crippen molar-refractivity contribution < 1.29 is 14.3 Å². The molecule has 1 aromatic carbocycles. The average Bonchev–Trinajstić information content (AvgIpc) is 2.98. The zero-order valence-electron chi connectivity index (χ0n) is 13.2. The Morgan fingerprint density at radius 2 is 1.95 bits per heavy atom. The molecule has 0 radical (unpaired) electrons. The van der Waals surface area contributed by atoms with Crippen LogP contribution in [0.5, 0.6) is 0 Å². The first kappa shape index (κ1) is 16.8. The summed E-state index contributed by atoms with van der Waals surface area (Å²) in [6.45, 7) is 4.15. The molecular weight excluding hydrogens is 300 g/mol. The van der Waals surface area contributed by atoms with Gasteiger partial charge in [0.15, 0.2) is 0 Å². The normalized spacial score (nSPS) is 20.7. The summed E-state index contributed by atoms with van der Waals surface area (Å²) in [5.41, 5.74) is 2.21. The highest BCUT2D eigenvalue weighted by atomic mass is 32.2. The maximum atomic E-state index is 12.0. The summed E-state index contributed by atoms with van der Waals surface area (Å²) in [5, 5.41) is 5.37. The van der Waals surface area contributed by atoms with Gasteiger partial charge >= 0.3 is 11.8 Å². The third-order valence-electron chi connectivity index (χ3n) is 4.00. The Kier molecular flexibility index (Phi) is 5.47. The maximum absolute atomic E-state index is 12.0. The van der Waals surface area contributed by atoms with E-state index in [4.69, 9.17) is 4.74 Å². The second-order valence-electron chi connectivity index (χ2n) is 5.59. The fourth-order valence-corrected chi connectivity index (χ4v) is 3.86. The number of aryl methyl sites for hydroxylation is 2. The van der Waals surface area contributed by atoms with Gasteiger partial charge in [-0.25, -0.2) is 0 Å². The van der Waals surface area contributed by atoms with Crippen LogP contribution in [-0.2, 0) is 14.3 Å². The Bertz CT molecular complexity index is 548. The van der Waals surface area contributed by atoms with E-state index in [1.54, 1.807) is 18.9 Å². The second kappa shape index (κ2) is 7.15. The quantitative estimate of drug-likeness (QED) is 0.831. The number of hydrogen-bond donors (Lipinski definition) is 2. The minimum Gasteiger partial charge on any atom is -0.376 e. The summed E-state index contributed by atoms with van der Waals surface area (Å²) in [6, 6.07) is 5.72. The molecule has 2 rings (SSSR count). The number of methoxy groups -OCH3 is 1. The molecule has 1 aliphatic rings. The van der Waals surface area contributed by atoms with E-state index in [2.05, 4.69) is 10.6 Å². The SMILES string of the molecule is COC1(CNC(=O)C(=O)Nc2c(C)cccc2C)CCSC1. The molecule has 1 saturated heterocycles. The predicted molar refractivity (Wildman–Crippen MR) is 89.2 cm³/mol. The van der Waals surface area contributed by atoms with Gasteiger partial charge in [0.1, 0.15) is 0 Å². The van der Waals surface area contributed by atoms with Crippen molar-refractivity contribution in [2.24, 2.45) is 0 Å². The van der Waals surface area contributed by atoms with Gasteiger partial charge in [-0.1, -0.05) is 18.2 Å². The molecule has 0 spiro atoms. The van der Waals surface area contributed by atoms with Crippen molar-refractivity contribution in [1.82, 2.24) is 5.32 Å². The Labute approximate surface area is 135 Å². The molecule has 0 saturated carbocycles. The molecular formula is C16H22N2O3S. The first-order valence-corrected chi connectivity index (χ1v) is 8.41. The van der Waals surface area contributed by atoms with Crippen molar-refractivity contribution in [3.63, 3.8) is 0 Å². The van der Waals surface area contributed by atoms with E-state index in [9.17, 15) is 9.59 Å². The molecule has 1 aromatic rings. The lowest BCUT2D eigenvalue weighted by Crippen LogP contribution is -2.47. The van der Waals surface area contributed by atoms with Crippen LogP contribution in [0.1, 0.15) is 17.5 Å². The molecule has 1 unspecified atom stereocenters. The minimum absolute atomic E-state index is 0.348. The van der Waals surface area contributed by atoms with Gasteiger partial charge in [0, 0.05) is 25.1 Å². The zero-order valence-corrected chi connectivity index (χ0v) is 14.0. The van der Waals surface area contributed by atoms with Crippen LogP contribution in [0.15, 0.2) is 18.2 Å². The van der Waals surface area contributed by atoms with Gasteiger partial charge in [-0.15, -0.1) is 0 Å². The van der Waals surface area contributed by atoms with Gasteiger partial charge in [0.05, 0.1) is 5.60 Å². The van der Waals surface area contributed by atoms with E-state index >= 15 is 0 Å². The number of nitrogens with one attached hydrogen (secondary N) is 2. The Morgan fingerprint density at radius 1 is 1.27 bits per heavy atom. The molecule has 0 aliphatic carbocycles. The number of benzene rings is 1. The highest BCUT2D eigenvalue weighted by Crippen LogP contribution is 2.30. The molecule has 2 amide bonds. The number of anilines is 1. The van der Waals surface area contributed by atoms with Crippen molar-refractivity contribution in [2.45, 2.75) is 25.9 Å². The Morgan fingerprint density at radius 3 is 2.50 bits per heavy atom. The largest absolute Gasteiger partial charge is 0.376 e. The number of ether oxygens (including phenoxy) is 1. The van der Waals surface area contributed by atoms with E-state index in [1.165, 1.54) is 0 Å². The molecule has 1 heterocycles. The molecule has 2 N–H and O–H groups in total. The number of thioether (sulfide) groups is 1. The van der Waals surface area contributed by atoms with E-state index in [1.807, 2.05) is 32.0 Å². The van der Waals surface area contributed by atoms with E-state index < -0.39 is 11.8 Å². The van der Waals surface area contributed by atoms with Crippen LogP contribution >= 0.6 is 11.8 Å². The molecule has 0 bridgehead atoms. The molecule has 1 atom stereocenters. The van der Waals surface area contributed by atoms with Crippen LogP contribution in [0.25, 0.3) is 0 Å². The van der Waals surface area contributed by atoms with Crippen molar-refractivity contribution in [1.29, 1.82) is 0 Å². The lowest BCUT2D eigenvalue weighted by Gasteiger charge is -2.26. The molecule has 6 heteroatoms. The number of hydrogen-bond acceptors (Lipinski definition) is 4. The first-order valence-electron chi connectivity index (χ1n) is 7.26. The summed E-state index contributed by atoms with van der Waals surface area (Å²) < 4.78 is 5.52. The monoisotopic (exact) mass is 322 g/mol. The fraction of sp³-hybridized carbons (Fsp3) is 0.500. The second-order valence-corrected chi connectivity index (χ2v) is 6.70. The molecule has 5 nitrogen and oxygen atoms in total. The summed E-state index contributed by atoms with van der Waals surface area (Å²) in [5.74, 6) is 0.575. The van der Waals surface area contributed by atoms with Gasteiger partial charge in [-0.05, 0) is 37.1 Å². The van der Waals surface area contributed by atoms with Crippen LogP contribution in [0.3, 0.4) is 0 Å². The minimum atomic E-state index is -0.644. The molecule has 22 heavy (non-hydrogen) atoms. The summed E-state index contributed by atoms with van der Waals surface area (Å²) in [4.78, 5) is 24.0. The molecule has 1 aliphatic heterocycles. The molecule has 1 fully saturated rings. The standard InChI is InChI=1S/C16H22N2O3S/c1-11-5-4-6-12(2)13(11)18-15(20)14(19)17-9-16(21-3)7-8-22-10-16/h4-6H,7-10H2,1-3H3,(H,17,19)(H,18,20). The smallest absolute Gasteiger partial charge is 0.313 e. The average molecular weight is 322 g/mol. The van der Waals surface area contributed by atoms with Gasteiger partial charge in [-0.3, -0.25) is 9.59 Å². The Hall–Kier alpha value is -1.53. The maximum Gasteiger partial charge on any atom is 0.313 e. The highest BCUT2D eigenvalue weighted by Gasteiger charge is 2.35. The van der Waals surface area contributed by atoms with Crippen molar-refractivity contribution >= 4 is 29.3 Å². The lowest BCUT2D eigenvalue weighted by molar-refractivity contribution is -0.136. The number of para-hydroxylation sites is 1. The lowest BCUT2D eigenvalue weighted by atomic mass is 10.0. The summed E-state index contributed by atoms with van der Waals surface area (Å²) in [7, 11) is 1.65. The zero-order chi connectivity index (χ0) is 16.2. The van der Waals surface area contributed by atoms with E-state index in [-0.39, 0.29) is 5.60 Å². The third-order valence-corrected chi connectivity index (χ3v) is 5.22. The fourth-order valence-electron chi connectivity index (χ4n) is 2.46. The molecule has 0 aromatic heterocycles. The summed E-state index contributed by atoms with van der Waals surface area (Å²) in [6.07, 6.45) is 0.882. The van der Waals surface area contributed by atoms with Crippen LogP contribution < -0.4 is 10.6 Å². The van der Waals surface area contributed by atoms with Gasteiger partial charge in [0.25, 0.3) is 0 Å². The Balaban J connectivity index is 1.94. The number of carbonyl (C=O) groups excluding carboxylic acids is 2. The van der Waals surface area contributed by atoms with Crippen LogP contribution in [0.2, 0.25) is 0 Å². The van der Waals surface area contributed by atoms with Gasteiger partial charge < -0.3 is 15.4 Å². The van der Waals surface area contributed by atoms with E-state index in [0.29, 0.717) is 12.2 Å². The molecule has 120 valence electrons. The van der Waals surface area contributed by atoms with Crippen LogP contribution in [0, 0.1) is 13.8 Å². The number of amides is 2. The highest BCUT2D eigenvalue weighted by molar-refractivity contribution is 7.99. The van der Waals surface area contributed by atoms with E-state index in [0.717, 1.165) is 29.1 Å². The van der Waals surface area contributed by atoms with Gasteiger partial charge in [-0.2, -0.15) is 11.8 Å². The van der Waals surface area contributed by atoms with Crippen LogP contribution in [-0.4, -0.2) is 42.6 Å². The number of carbonyl (C=O) groups is 2. The number of rotatable bonds is 4. The van der Waals surface area contributed by atoms with Crippen molar-refractivity contribution in [3.05, 3.63) is 29.3 Å². The topological polar surface area (TPSA) is 67.4 Å². The first-order chi connectivity index (χ1) is 10.5.